The number of ether oxygens (including phenoxy) is 2. The average Bonchev–Trinajstić information content (AvgIpc) is 3.57. The fourth-order valence-electron chi connectivity index (χ4n) is 3.84. The van der Waals surface area contributed by atoms with Crippen LogP contribution in [0.5, 0.6) is 5.75 Å². The van der Waals surface area contributed by atoms with Gasteiger partial charge in [0.05, 0.1) is 17.3 Å². The van der Waals surface area contributed by atoms with Crippen molar-refractivity contribution in [1.82, 2.24) is 4.98 Å². The maximum atomic E-state index is 13.5. The molecule has 4 rings (SSSR count). The number of amides is 1. The van der Waals surface area contributed by atoms with Gasteiger partial charge in [0.2, 0.25) is 5.78 Å². The Morgan fingerprint density at radius 2 is 1.95 bits per heavy atom. The summed E-state index contributed by atoms with van der Waals surface area (Å²) in [4.78, 5) is 45.2. The van der Waals surface area contributed by atoms with Crippen molar-refractivity contribution in [3.8, 4) is 5.75 Å². The van der Waals surface area contributed by atoms with Gasteiger partial charge in [0.1, 0.15) is 29.6 Å². The van der Waals surface area contributed by atoms with Crippen LogP contribution in [-0.4, -0.2) is 41.0 Å². The molecule has 1 atom stereocenters. The number of aliphatic hydroxyl groups is 1. The largest absolute Gasteiger partial charge is 0.503 e. The number of Topliss-reactive ketones (excluding diaryl/α,β-unsaturated/α-hetero) is 1. The van der Waals surface area contributed by atoms with Crippen molar-refractivity contribution >= 4 is 34.1 Å². The fourth-order valence-corrected chi connectivity index (χ4v) is 4.83. The summed E-state index contributed by atoms with van der Waals surface area (Å²) in [5, 5.41) is 11.0. The van der Waals surface area contributed by atoms with E-state index in [-0.39, 0.29) is 34.6 Å². The third-order valence-electron chi connectivity index (χ3n) is 5.47. The lowest BCUT2D eigenvalue weighted by Crippen LogP contribution is -2.31. The second-order valence-corrected chi connectivity index (χ2v) is 9.03. The second-order valence-electron chi connectivity index (χ2n) is 8.05. The van der Waals surface area contributed by atoms with Gasteiger partial charge in [0.25, 0.3) is 5.91 Å². The molecular weight excluding hydrogens is 496 g/mol. The number of hydrogen-bond donors (Lipinski definition) is 1. The second kappa shape index (κ2) is 10.7. The lowest BCUT2D eigenvalue weighted by atomic mass is 9.95. The quantitative estimate of drug-likeness (QED) is 0.224. The molecule has 0 saturated carbocycles. The molecule has 1 unspecified atom stereocenters. The van der Waals surface area contributed by atoms with E-state index in [0.717, 1.165) is 11.3 Å². The van der Waals surface area contributed by atoms with Crippen LogP contribution in [0.2, 0.25) is 0 Å². The highest BCUT2D eigenvalue weighted by atomic mass is 32.1. The van der Waals surface area contributed by atoms with Crippen LogP contribution in [0, 0.1) is 13.8 Å². The number of hydrogen-bond acceptors (Lipinski definition) is 9. The van der Waals surface area contributed by atoms with Crippen LogP contribution in [0.15, 0.2) is 77.5 Å². The summed E-state index contributed by atoms with van der Waals surface area (Å²) < 4.78 is 16.3. The van der Waals surface area contributed by atoms with Crippen molar-refractivity contribution in [2.45, 2.75) is 19.9 Å². The first-order valence-electron chi connectivity index (χ1n) is 11.2. The Morgan fingerprint density at radius 1 is 1.19 bits per heavy atom. The zero-order valence-corrected chi connectivity index (χ0v) is 21.0. The third kappa shape index (κ3) is 4.96. The standard InChI is InChI=1S/C27H24N2O7S/c1-5-12-34-18-9-7-8-17(14-18)21-20(22(30)19-11-10-15(3)36-19)23(31)25(32)29(21)27-28-16(4)24(37-27)26(33)35-13-6-2/h5-11,14,21,31H,1-2,12-13H2,3-4H3. The highest BCUT2D eigenvalue weighted by Crippen LogP contribution is 2.44. The smallest absolute Gasteiger partial charge is 0.350 e. The molecule has 0 bridgehead atoms. The van der Waals surface area contributed by atoms with Crippen LogP contribution in [0.4, 0.5) is 5.13 Å². The topological polar surface area (TPSA) is 119 Å². The number of carbonyl (C=O) groups excluding carboxylic acids is 3. The molecule has 0 spiro atoms. The van der Waals surface area contributed by atoms with Crippen LogP contribution in [0.3, 0.4) is 0 Å². The Bertz CT molecular complexity index is 1430. The first-order chi connectivity index (χ1) is 17.8. The van der Waals surface area contributed by atoms with Crippen molar-refractivity contribution in [2.75, 3.05) is 18.1 Å². The van der Waals surface area contributed by atoms with E-state index in [1.807, 2.05) is 0 Å². The third-order valence-corrected chi connectivity index (χ3v) is 6.60. The molecule has 0 saturated heterocycles. The van der Waals surface area contributed by atoms with Crippen LogP contribution < -0.4 is 9.64 Å². The fraction of sp³-hybridized carbons (Fsp3) is 0.185. The van der Waals surface area contributed by atoms with E-state index in [1.54, 1.807) is 50.3 Å². The number of aromatic nitrogens is 1. The van der Waals surface area contributed by atoms with Crippen molar-refractivity contribution < 1.29 is 33.4 Å². The SMILES string of the molecule is C=CCOC(=O)c1sc(N2C(=O)C(O)=C(C(=O)c3ccc(C)o3)C2c2cccc(OCC=C)c2)nc1C. The molecule has 1 aromatic carbocycles. The number of nitrogens with zero attached hydrogens (tertiary/aromatic N) is 2. The molecule has 3 aromatic rings. The Balaban J connectivity index is 1.83. The number of aliphatic hydroxyl groups excluding tert-OH is 1. The molecule has 1 N–H and O–H groups in total. The molecule has 9 nitrogen and oxygen atoms in total. The Hall–Kier alpha value is -4.44. The normalized spacial score (nSPS) is 15.1. The number of aryl methyl sites for hydroxylation is 2. The number of thiazole rings is 1. The minimum atomic E-state index is -1.07. The summed E-state index contributed by atoms with van der Waals surface area (Å²) >= 11 is 0.919. The molecule has 1 amide bonds. The van der Waals surface area contributed by atoms with Gasteiger partial charge in [0.15, 0.2) is 16.7 Å². The molecular formula is C27H24N2O7S. The number of anilines is 1. The summed E-state index contributed by atoms with van der Waals surface area (Å²) in [5.74, 6) is -1.90. The number of benzene rings is 1. The number of furan rings is 1. The van der Waals surface area contributed by atoms with E-state index in [2.05, 4.69) is 18.1 Å². The summed E-state index contributed by atoms with van der Waals surface area (Å²) in [6, 6.07) is 8.81. The van der Waals surface area contributed by atoms with Gasteiger partial charge >= 0.3 is 5.97 Å². The summed E-state index contributed by atoms with van der Waals surface area (Å²) in [5.41, 5.74) is 0.641. The van der Waals surface area contributed by atoms with E-state index in [0.29, 0.717) is 22.8 Å². The number of ketones is 1. The Labute approximate surface area is 217 Å². The molecule has 1 aliphatic rings. The van der Waals surface area contributed by atoms with Gasteiger partial charge in [-0.1, -0.05) is 48.8 Å². The minimum Gasteiger partial charge on any atom is -0.503 e. The molecule has 0 fully saturated rings. The number of rotatable bonds is 10. The van der Waals surface area contributed by atoms with Gasteiger partial charge < -0.3 is 19.0 Å². The average molecular weight is 521 g/mol. The van der Waals surface area contributed by atoms with Crippen molar-refractivity contribution in [3.05, 3.63) is 101 Å². The van der Waals surface area contributed by atoms with E-state index < -0.39 is 29.5 Å². The molecule has 190 valence electrons. The summed E-state index contributed by atoms with van der Waals surface area (Å²) in [6.45, 7) is 10.7. The zero-order valence-electron chi connectivity index (χ0n) is 20.2. The first kappa shape index (κ1) is 25.6. The van der Waals surface area contributed by atoms with Gasteiger partial charge in [0, 0.05) is 0 Å². The Kier molecular flexibility index (Phi) is 7.40. The van der Waals surface area contributed by atoms with Crippen LogP contribution >= 0.6 is 11.3 Å². The van der Waals surface area contributed by atoms with Crippen molar-refractivity contribution in [3.63, 3.8) is 0 Å². The van der Waals surface area contributed by atoms with Gasteiger partial charge in [-0.2, -0.15) is 0 Å². The molecule has 3 heterocycles. The van der Waals surface area contributed by atoms with Crippen molar-refractivity contribution in [2.24, 2.45) is 0 Å². The number of esters is 1. The van der Waals surface area contributed by atoms with Crippen LogP contribution in [0.25, 0.3) is 0 Å². The number of carbonyl (C=O) groups is 3. The zero-order chi connectivity index (χ0) is 26.7. The van der Waals surface area contributed by atoms with Gasteiger partial charge in [-0.25, -0.2) is 9.78 Å². The maximum Gasteiger partial charge on any atom is 0.350 e. The van der Waals surface area contributed by atoms with Crippen LogP contribution in [-0.2, 0) is 9.53 Å². The van der Waals surface area contributed by atoms with Gasteiger partial charge in [-0.15, -0.1) is 0 Å². The first-order valence-corrected chi connectivity index (χ1v) is 12.0. The molecule has 1 aliphatic heterocycles. The van der Waals surface area contributed by atoms with E-state index >= 15 is 0 Å². The summed E-state index contributed by atoms with van der Waals surface area (Å²) in [7, 11) is 0. The van der Waals surface area contributed by atoms with Crippen molar-refractivity contribution in [1.29, 1.82) is 0 Å². The molecule has 37 heavy (non-hydrogen) atoms. The highest BCUT2D eigenvalue weighted by molar-refractivity contribution is 7.17. The lowest BCUT2D eigenvalue weighted by Gasteiger charge is -2.24. The molecule has 0 radical (unpaired) electrons. The minimum absolute atomic E-state index is 0.0117. The van der Waals surface area contributed by atoms with E-state index in [4.69, 9.17) is 13.9 Å². The van der Waals surface area contributed by atoms with Crippen LogP contribution in [0.1, 0.15) is 43.3 Å². The predicted molar refractivity (Wildman–Crippen MR) is 137 cm³/mol. The monoisotopic (exact) mass is 520 g/mol. The summed E-state index contributed by atoms with van der Waals surface area (Å²) in [6.07, 6.45) is 3.02. The highest BCUT2D eigenvalue weighted by Gasteiger charge is 2.47. The molecule has 0 aliphatic carbocycles. The molecule has 2 aromatic heterocycles. The Morgan fingerprint density at radius 3 is 2.62 bits per heavy atom. The maximum absolute atomic E-state index is 13.5. The predicted octanol–water partition coefficient (Wildman–Crippen LogP) is 5.04. The van der Waals surface area contributed by atoms with E-state index in [9.17, 15) is 19.5 Å². The molecule has 10 heteroatoms. The van der Waals surface area contributed by atoms with Gasteiger partial charge in [-0.3, -0.25) is 14.5 Å². The van der Waals surface area contributed by atoms with E-state index in [1.165, 1.54) is 17.0 Å². The lowest BCUT2D eigenvalue weighted by molar-refractivity contribution is -0.117. The van der Waals surface area contributed by atoms with Gasteiger partial charge in [-0.05, 0) is 43.7 Å².